The number of likely N-dealkylation sites (tertiary alicyclic amines) is 2. The molecule has 328 valence electrons. The van der Waals surface area contributed by atoms with Crippen molar-refractivity contribution >= 4 is 41.3 Å². The third kappa shape index (κ3) is 13.2. The zero-order chi connectivity index (χ0) is 44.3. The number of nitrogens with zero attached hydrogens (tertiary/aromatic N) is 2. The molecule has 60 heavy (non-hydrogen) atoms. The van der Waals surface area contributed by atoms with Crippen LogP contribution in [-0.2, 0) is 39.9 Å². The number of allylic oxidation sites excluding steroid dienone is 4. The number of unbranched alkanes of at least 4 members (excludes halogenated alkanes) is 1. The van der Waals surface area contributed by atoms with Gasteiger partial charge in [-0.3, -0.25) is 28.8 Å². The van der Waals surface area contributed by atoms with Gasteiger partial charge >= 0.3 is 6.09 Å². The molecule has 1 unspecified atom stereocenters. The van der Waals surface area contributed by atoms with Gasteiger partial charge in [-0.2, -0.15) is 0 Å². The van der Waals surface area contributed by atoms with E-state index in [2.05, 4.69) is 22.9 Å². The normalized spacial score (nSPS) is 20.9. The van der Waals surface area contributed by atoms with Crippen LogP contribution in [-0.4, -0.2) is 100 Å². The van der Waals surface area contributed by atoms with Gasteiger partial charge in [0.2, 0.25) is 23.6 Å². The van der Waals surface area contributed by atoms with Crippen molar-refractivity contribution in [2.75, 3.05) is 19.6 Å². The van der Waals surface area contributed by atoms with Crippen molar-refractivity contribution in [2.24, 2.45) is 11.8 Å². The molecule has 13 nitrogen and oxygen atoms in total. The summed E-state index contributed by atoms with van der Waals surface area (Å²) >= 11 is 0. The van der Waals surface area contributed by atoms with Crippen molar-refractivity contribution in [1.29, 1.82) is 0 Å². The molecule has 0 radical (unpaired) electrons. The van der Waals surface area contributed by atoms with Crippen LogP contribution in [0.3, 0.4) is 0 Å². The maximum atomic E-state index is 14.5. The average Bonchev–Trinajstić information content (AvgIpc) is 3.83. The summed E-state index contributed by atoms with van der Waals surface area (Å²) < 4.78 is 5.70. The second kappa shape index (κ2) is 21.4. The standard InChI is InChI=1S/C47H67N5O8/c1-29(2)49-43(56)38(18-13-14-24-48-40(53)23-22-37-33(6)41(54)31(4)32(5)42(37)55)50-44(57)39-19-15-25-51(39)45(58)35(27-34-16-11-10-12-17-34)20-21-36-26-30(3)28-52(36)46(59)60-47(7,8)9/h10-12,16-17,20-21,29-30,35-36,38-39H,13-15,18-19,22-28H2,1-9H3,(H,48,53)(H,49,56)(H,50,57)/b21-20+/t30?,35-,36-,38+,39+/m1/s1. The Morgan fingerprint density at radius 3 is 2.27 bits per heavy atom. The van der Waals surface area contributed by atoms with Crippen LogP contribution < -0.4 is 16.0 Å². The lowest BCUT2D eigenvalue weighted by molar-refractivity contribution is -0.141. The van der Waals surface area contributed by atoms with E-state index in [-0.39, 0.29) is 72.1 Å². The Kier molecular flexibility index (Phi) is 17.0. The highest BCUT2D eigenvalue weighted by Gasteiger charge is 2.39. The van der Waals surface area contributed by atoms with Crippen LogP contribution in [0.1, 0.15) is 119 Å². The topological polar surface area (TPSA) is 171 Å². The number of ether oxygens (including phenoxy) is 1. The number of benzene rings is 1. The maximum absolute atomic E-state index is 14.5. The summed E-state index contributed by atoms with van der Waals surface area (Å²) in [5, 5.41) is 8.72. The third-order valence-electron chi connectivity index (χ3n) is 11.4. The summed E-state index contributed by atoms with van der Waals surface area (Å²) in [6.07, 6.45) is 7.32. The number of Topliss-reactive ketones (excluding diaryl/α,β-unsaturated/α-hetero) is 2. The first-order chi connectivity index (χ1) is 28.3. The smallest absolute Gasteiger partial charge is 0.410 e. The molecule has 2 heterocycles. The van der Waals surface area contributed by atoms with Gasteiger partial charge in [-0.1, -0.05) is 49.4 Å². The van der Waals surface area contributed by atoms with Crippen molar-refractivity contribution in [3.8, 4) is 0 Å². The number of carbonyl (C=O) groups is 7. The zero-order valence-electron chi connectivity index (χ0n) is 37.2. The molecule has 1 aromatic carbocycles. The molecule has 1 aromatic rings. The van der Waals surface area contributed by atoms with Crippen LogP contribution in [0.2, 0.25) is 0 Å². The number of rotatable bonds is 17. The molecule has 5 atom stereocenters. The van der Waals surface area contributed by atoms with Crippen molar-refractivity contribution in [2.45, 2.75) is 150 Å². The van der Waals surface area contributed by atoms with Crippen LogP contribution in [0.5, 0.6) is 0 Å². The molecule has 4 rings (SSSR count). The Labute approximate surface area is 356 Å². The van der Waals surface area contributed by atoms with Crippen molar-refractivity contribution in [1.82, 2.24) is 25.8 Å². The van der Waals surface area contributed by atoms with E-state index in [1.54, 1.807) is 30.6 Å². The molecule has 5 amide bonds. The van der Waals surface area contributed by atoms with E-state index in [1.165, 1.54) is 0 Å². The number of hydrogen-bond donors (Lipinski definition) is 3. The van der Waals surface area contributed by atoms with Crippen LogP contribution in [0.25, 0.3) is 0 Å². The van der Waals surface area contributed by atoms with E-state index in [9.17, 15) is 33.6 Å². The second-order valence-corrected chi connectivity index (χ2v) is 18.0. The van der Waals surface area contributed by atoms with Crippen LogP contribution >= 0.6 is 0 Å². The van der Waals surface area contributed by atoms with Crippen LogP contribution in [0, 0.1) is 11.8 Å². The lowest BCUT2D eigenvalue weighted by atomic mass is 9.84. The summed E-state index contributed by atoms with van der Waals surface area (Å²) in [6.45, 7) is 17.5. The predicted octanol–water partition coefficient (Wildman–Crippen LogP) is 5.92. The molecular weight excluding hydrogens is 763 g/mol. The van der Waals surface area contributed by atoms with Gasteiger partial charge in [0.15, 0.2) is 11.6 Å². The highest BCUT2D eigenvalue weighted by Crippen LogP contribution is 2.29. The molecule has 2 saturated heterocycles. The summed E-state index contributed by atoms with van der Waals surface area (Å²) in [4.78, 5) is 96.2. The lowest BCUT2D eigenvalue weighted by Gasteiger charge is -2.30. The Balaban J connectivity index is 1.39. The van der Waals surface area contributed by atoms with E-state index in [0.29, 0.717) is 80.5 Å². The van der Waals surface area contributed by atoms with Crippen LogP contribution in [0.4, 0.5) is 4.79 Å². The van der Waals surface area contributed by atoms with Gasteiger partial charge in [0.1, 0.15) is 17.7 Å². The first-order valence-electron chi connectivity index (χ1n) is 21.6. The van der Waals surface area contributed by atoms with Gasteiger partial charge in [-0.05, 0) is 118 Å². The van der Waals surface area contributed by atoms with E-state index >= 15 is 0 Å². The Hall–Kier alpha value is -5.07. The molecule has 2 aliphatic heterocycles. The molecule has 0 bridgehead atoms. The molecule has 2 fully saturated rings. The highest BCUT2D eigenvalue weighted by atomic mass is 16.6. The average molecular weight is 830 g/mol. The number of nitrogens with one attached hydrogen (secondary N) is 3. The molecule has 13 heteroatoms. The van der Waals surface area contributed by atoms with Crippen molar-refractivity contribution in [3.63, 3.8) is 0 Å². The Morgan fingerprint density at radius 2 is 1.60 bits per heavy atom. The molecule has 0 aromatic heterocycles. The number of amides is 5. The Morgan fingerprint density at radius 1 is 0.917 bits per heavy atom. The first kappa shape index (κ1) is 47.6. The molecule has 1 aliphatic carbocycles. The fourth-order valence-electron chi connectivity index (χ4n) is 8.09. The zero-order valence-corrected chi connectivity index (χ0v) is 37.2. The summed E-state index contributed by atoms with van der Waals surface area (Å²) in [5.74, 6) is -1.83. The molecule has 0 spiro atoms. The SMILES string of the molecule is CC1=C(C)C(=O)C(CCC(=O)NCCCC[C@H](NC(=O)[C@@H]2CCCN2C(=O)[C@H](/C=C/[C@@H]2CC(C)CN2C(=O)OC(C)(C)C)Cc2ccccc2)C(=O)NC(C)C)=C(C)C1=O. The van der Waals surface area contributed by atoms with E-state index in [1.807, 2.05) is 77.1 Å². The quantitative estimate of drug-likeness (QED) is 0.0988. The van der Waals surface area contributed by atoms with Crippen molar-refractivity contribution in [3.05, 3.63) is 70.3 Å². The molecule has 3 aliphatic rings. The van der Waals surface area contributed by atoms with Gasteiger partial charge in [0.25, 0.3) is 0 Å². The van der Waals surface area contributed by atoms with Gasteiger partial charge in [0.05, 0.1) is 12.0 Å². The number of hydrogen-bond acceptors (Lipinski definition) is 8. The first-order valence-corrected chi connectivity index (χ1v) is 21.6. The van der Waals surface area contributed by atoms with E-state index in [4.69, 9.17) is 4.74 Å². The summed E-state index contributed by atoms with van der Waals surface area (Å²) in [5.41, 5.74) is 1.95. The fraction of sp³-hybridized carbons (Fsp3) is 0.596. The van der Waals surface area contributed by atoms with Crippen LogP contribution in [0.15, 0.2) is 64.8 Å². The minimum Gasteiger partial charge on any atom is -0.444 e. The largest absolute Gasteiger partial charge is 0.444 e. The van der Waals surface area contributed by atoms with Crippen molar-refractivity contribution < 1.29 is 38.3 Å². The fourth-order valence-corrected chi connectivity index (χ4v) is 8.09. The summed E-state index contributed by atoms with van der Waals surface area (Å²) in [7, 11) is 0. The predicted molar refractivity (Wildman–Crippen MR) is 230 cm³/mol. The van der Waals surface area contributed by atoms with E-state index < -0.39 is 23.6 Å². The van der Waals surface area contributed by atoms with Gasteiger partial charge in [0, 0.05) is 54.4 Å². The number of carbonyl (C=O) groups excluding carboxylic acids is 7. The molecule has 3 N–H and O–H groups in total. The minimum absolute atomic E-state index is 0.0659. The number of ketones is 2. The monoisotopic (exact) mass is 829 g/mol. The third-order valence-corrected chi connectivity index (χ3v) is 11.4. The highest BCUT2D eigenvalue weighted by molar-refractivity contribution is 6.24. The summed E-state index contributed by atoms with van der Waals surface area (Å²) in [6, 6.07) is 7.72. The van der Waals surface area contributed by atoms with E-state index in [0.717, 1.165) is 12.0 Å². The lowest BCUT2D eigenvalue weighted by Crippen LogP contribution is -2.54. The minimum atomic E-state index is -0.846. The van der Waals surface area contributed by atoms with Gasteiger partial charge in [-0.15, -0.1) is 0 Å². The Bertz CT molecular complexity index is 1860. The molecule has 0 saturated carbocycles. The van der Waals surface area contributed by atoms with Gasteiger partial charge in [-0.25, -0.2) is 4.79 Å². The second-order valence-electron chi connectivity index (χ2n) is 18.0. The van der Waals surface area contributed by atoms with Gasteiger partial charge < -0.3 is 30.5 Å². The maximum Gasteiger partial charge on any atom is 0.410 e. The molecular formula is C47H67N5O8.